The summed E-state index contributed by atoms with van der Waals surface area (Å²) in [5, 5.41) is 3.08. The highest BCUT2D eigenvalue weighted by Crippen LogP contribution is 2.27. The third kappa shape index (κ3) is 1.98. The van der Waals surface area contributed by atoms with E-state index >= 15 is 0 Å². The van der Waals surface area contributed by atoms with Gasteiger partial charge in [0.15, 0.2) is 0 Å². The minimum Gasteiger partial charge on any atom is -0.0886 e. The Balaban J connectivity index is 2.06. The van der Waals surface area contributed by atoms with Gasteiger partial charge in [-0.15, -0.1) is 0 Å². The quantitative estimate of drug-likeness (QED) is 0.716. The van der Waals surface area contributed by atoms with E-state index in [9.17, 15) is 0 Å². The van der Waals surface area contributed by atoms with Gasteiger partial charge in [0.2, 0.25) is 0 Å². The van der Waals surface area contributed by atoms with Gasteiger partial charge in [-0.25, -0.2) is 0 Å². The molecule has 1 heterocycles. The smallest absolute Gasteiger partial charge is 0.0886 e. The highest BCUT2D eigenvalue weighted by molar-refractivity contribution is 6.94. The first-order valence-corrected chi connectivity index (χ1v) is 8.18. The molecule has 0 aromatic heterocycles. The van der Waals surface area contributed by atoms with Crippen LogP contribution in [0.25, 0.3) is 5.20 Å². The van der Waals surface area contributed by atoms with Crippen molar-refractivity contribution in [2.24, 2.45) is 0 Å². The minimum atomic E-state index is -1.14. The van der Waals surface area contributed by atoms with Crippen LogP contribution in [-0.2, 0) is 0 Å². The van der Waals surface area contributed by atoms with Crippen molar-refractivity contribution < 1.29 is 0 Å². The molecule has 1 aliphatic heterocycles. The summed E-state index contributed by atoms with van der Waals surface area (Å²) < 4.78 is 0. The second-order valence-corrected chi connectivity index (χ2v) is 7.29. The zero-order chi connectivity index (χ0) is 12.4. The average molecular weight is 248 g/mol. The molecule has 0 saturated heterocycles. The first-order chi connectivity index (χ1) is 8.86. The van der Waals surface area contributed by atoms with Crippen molar-refractivity contribution in [1.82, 2.24) is 0 Å². The van der Waals surface area contributed by atoms with Crippen molar-refractivity contribution in [3.8, 4) is 0 Å². The maximum atomic E-state index is 2.44. The highest BCUT2D eigenvalue weighted by atomic mass is 28.3. The summed E-state index contributed by atoms with van der Waals surface area (Å²) in [6, 6.07) is 21.7. The van der Waals surface area contributed by atoms with Gasteiger partial charge >= 0.3 is 0 Å². The molecule has 1 unspecified atom stereocenters. The minimum absolute atomic E-state index is 1.14. The van der Waals surface area contributed by atoms with E-state index in [1.54, 1.807) is 5.20 Å². The largest absolute Gasteiger partial charge is 0.126 e. The molecule has 2 aromatic carbocycles. The maximum Gasteiger partial charge on any atom is 0.126 e. The van der Waals surface area contributed by atoms with Gasteiger partial charge in [-0.2, -0.15) is 0 Å². The molecule has 1 atom stereocenters. The van der Waals surface area contributed by atoms with Crippen LogP contribution in [0.2, 0.25) is 0 Å². The van der Waals surface area contributed by atoms with Gasteiger partial charge in [0.25, 0.3) is 0 Å². The molecule has 18 heavy (non-hydrogen) atoms. The lowest BCUT2D eigenvalue weighted by Crippen LogP contribution is -2.28. The fraction of sp³-hybridized carbons (Fsp3) is 0.0588. The molecular formula is C17H16Si. The van der Waals surface area contributed by atoms with Gasteiger partial charge in [-0.05, 0) is 17.7 Å². The fourth-order valence-electron chi connectivity index (χ4n) is 2.63. The lowest BCUT2D eigenvalue weighted by Gasteiger charge is -2.14. The topological polar surface area (TPSA) is 0 Å². The predicted molar refractivity (Wildman–Crippen MR) is 81.4 cm³/mol. The number of hydrogen-bond acceptors (Lipinski definition) is 0. The van der Waals surface area contributed by atoms with E-state index in [1.807, 2.05) is 0 Å². The molecule has 0 nitrogen and oxygen atoms in total. The first kappa shape index (κ1) is 11.2. The standard InChI is InChI=1S/C17H16Si/c1-14-12-13-18(16-10-6-3-7-11-16)17(14)15-8-4-2-5-9-15/h2-13,18H,1H3. The van der Waals surface area contributed by atoms with Crippen LogP contribution in [0.3, 0.4) is 0 Å². The van der Waals surface area contributed by atoms with E-state index in [-0.39, 0.29) is 0 Å². The Morgan fingerprint density at radius 1 is 0.778 bits per heavy atom. The van der Waals surface area contributed by atoms with Crippen LogP contribution in [0.4, 0.5) is 0 Å². The number of hydrogen-bond donors (Lipinski definition) is 0. The summed E-state index contributed by atoms with van der Waals surface area (Å²) in [6.07, 6.45) is 2.30. The zero-order valence-electron chi connectivity index (χ0n) is 10.5. The first-order valence-electron chi connectivity index (χ1n) is 6.35. The normalized spacial score (nSPS) is 18.4. The summed E-state index contributed by atoms with van der Waals surface area (Å²) in [5.74, 6) is 0. The van der Waals surface area contributed by atoms with E-state index in [0.717, 1.165) is 0 Å². The summed E-state index contributed by atoms with van der Waals surface area (Å²) >= 11 is 0. The highest BCUT2D eigenvalue weighted by Gasteiger charge is 2.22. The van der Waals surface area contributed by atoms with Crippen molar-refractivity contribution in [2.45, 2.75) is 6.92 Å². The molecule has 0 radical (unpaired) electrons. The molecule has 1 heteroatoms. The molecule has 1 aliphatic rings. The van der Waals surface area contributed by atoms with Crippen LogP contribution < -0.4 is 5.19 Å². The molecular weight excluding hydrogens is 232 g/mol. The third-order valence-electron chi connectivity index (χ3n) is 3.52. The Labute approximate surface area is 110 Å². The molecule has 0 bridgehead atoms. The molecule has 3 rings (SSSR count). The van der Waals surface area contributed by atoms with Crippen molar-refractivity contribution in [1.29, 1.82) is 0 Å². The predicted octanol–water partition coefficient (Wildman–Crippen LogP) is 3.24. The van der Waals surface area contributed by atoms with Gasteiger partial charge < -0.3 is 0 Å². The molecule has 0 spiro atoms. The fourth-order valence-corrected chi connectivity index (χ4v) is 5.64. The van der Waals surface area contributed by atoms with Gasteiger partial charge in [0, 0.05) is 0 Å². The molecule has 0 fully saturated rings. The summed E-state index contributed by atoms with van der Waals surface area (Å²) in [7, 11) is -1.14. The second-order valence-electron chi connectivity index (χ2n) is 4.71. The SMILES string of the molecule is CC1=C(c2ccccc2)[SiH](c2ccccc2)C=C1. The third-order valence-corrected chi connectivity index (χ3v) is 6.61. The van der Waals surface area contributed by atoms with Crippen LogP contribution in [0, 0.1) is 0 Å². The van der Waals surface area contributed by atoms with E-state index in [0.29, 0.717) is 0 Å². The van der Waals surface area contributed by atoms with Crippen LogP contribution >= 0.6 is 0 Å². The van der Waals surface area contributed by atoms with Crippen LogP contribution in [0.5, 0.6) is 0 Å². The second kappa shape index (κ2) is 4.79. The van der Waals surface area contributed by atoms with Crippen LogP contribution in [0.1, 0.15) is 12.5 Å². The Morgan fingerprint density at radius 3 is 2.06 bits per heavy atom. The monoisotopic (exact) mass is 248 g/mol. The van der Waals surface area contributed by atoms with Gasteiger partial charge in [-0.3, -0.25) is 0 Å². The number of allylic oxidation sites excluding steroid dienone is 2. The van der Waals surface area contributed by atoms with Crippen molar-refractivity contribution in [3.63, 3.8) is 0 Å². The van der Waals surface area contributed by atoms with Crippen LogP contribution in [-0.4, -0.2) is 8.80 Å². The molecule has 0 aliphatic carbocycles. The zero-order valence-corrected chi connectivity index (χ0v) is 11.7. The van der Waals surface area contributed by atoms with Crippen LogP contribution in [0.15, 0.2) is 78.0 Å². The molecule has 2 aromatic rings. The number of rotatable bonds is 2. The van der Waals surface area contributed by atoms with Crippen molar-refractivity contribution >= 4 is 19.2 Å². The average Bonchev–Trinajstić information content (AvgIpc) is 2.83. The molecule has 0 saturated carbocycles. The lowest BCUT2D eigenvalue weighted by molar-refractivity contribution is 1.54. The van der Waals surface area contributed by atoms with E-state index in [2.05, 4.69) is 79.4 Å². The summed E-state index contributed by atoms with van der Waals surface area (Å²) in [6.45, 7) is 2.23. The number of benzene rings is 2. The molecule has 0 amide bonds. The summed E-state index contributed by atoms with van der Waals surface area (Å²) in [4.78, 5) is 0. The lowest BCUT2D eigenvalue weighted by atomic mass is 10.1. The van der Waals surface area contributed by atoms with Gasteiger partial charge in [0.05, 0.1) is 0 Å². The Morgan fingerprint density at radius 2 is 1.39 bits per heavy atom. The molecule has 88 valence electrons. The van der Waals surface area contributed by atoms with E-state index < -0.39 is 8.80 Å². The Kier molecular flexibility index (Phi) is 2.99. The summed E-state index contributed by atoms with van der Waals surface area (Å²) in [5.41, 5.74) is 5.26. The molecule has 0 N–H and O–H groups in total. The Hall–Kier alpha value is -1.86. The Bertz CT molecular complexity index is 594. The maximum absolute atomic E-state index is 2.44. The van der Waals surface area contributed by atoms with Crippen molar-refractivity contribution in [3.05, 3.63) is 83.6 Å². The van der Waals surface area contributed by atoms with Gasteiger partial charge in [-0.1, -0.05) is 83.2 Å². The van der Waals surface area contributed by atoms with Gasteiger partial charge in [0.1, 0.15) is 8.80 Å². The van der Waals surface area contributed by atoms with E-state index in [1.165, 1.54) is 16.3 Å². The van der Waals surface area contributed by atoms with E-state index in [4.69, 9.17) is 0 Å². The van der Waals surface area contributed by atoms with Crippen molar-refractivity contribution in [2.75, 3.05) is 0 Å².